The molecule has 5 nitrogen and oxygen atoms in total. The van der Waals surface area contributed by atoms with Crippen LogP contribution >= 0.6 is 23.4 Å². The van der Waals surface area contributed by atoms with Gasteiger partial charge in [-0.1, -0.05) is 23.9 Å². The largest absolute Gasteiger partial charge is 0.450 e. The summed E-state index contributed by atoms with van der Waals surface area (Å²) < 4.78 is 4.91. The number of hydrogen-bond donors (Lipinski definition) is 1. The van der Waals surface area contributed by atoms with Crippen LogP contribution in [0.2, 0.25) is 0 Å². The van der Waals surface area contributed by atoms with Crippen LogP contribution in [0, 0.1) is 0 Å². The number of rotatable bonds is 4. The molecule has 2 aromatic carbocycles. The summed E-state index contributed by atoms with van der Waals surface area (Å²) in [6.45, 7) is 2.03. The van der Waals surface area contributed by atoms with Crippen LogP contribution in [0.25, 0.3) is 0 Å². The van der Waals surface area contributed by atoms with Crippen molar-refractivity contribution in [2.45, 2.75) is 23.1 Å². The number of halogens is 1. The van der Waals surface area contributed by atoms with Crippen LogP contribution in [0.3, 0.4) is 0 Å². The van der Waals surface area contributed by atoms with Crippen molar-refractivity contribution in [3.8, 4) is 0 Å². The van der Waals surface area contributed by atoms with Gasteiger partial charge in [0.05, 0.1) is 18.0 Å². The van der Waals surface area contributed by atoms with E-state index in [1.807, 2.05) is 30.3 Å². The predicted molar refractivity (Wildman–Crippen MR) is 100 cm³/mol. The van der Waals surface area contributed by atoms with Crippen LogP contribution in [0.1, 0.15) is 13.3 Å². The summed E-state index contributed by atoms with van der Waals surface area (Å²) in [5.74, 6) is 0.165. The molecule has 0 aliphatic carbocycles. The minimum absolute atomic E-state index is 0.0858. The first kappa shape index (κ1) is 17.6. The van der Waals surface area contributed by atoms with Crippen molar-refractivity contribution in [3.05, 3.63) is 42.5 Å². The zero-order chi connectivity index (χ0) is 17.8. The average Bonchev–Trinajstić information content (AvgIpc) is 2.60. The zero-order valence-electron chi connectivity index (χ0n) is 13.6. The number of benzene rings is 2. The van der Waals surface area contributed by atoms with E-state index in [0.717, 1.165) is 21.2 Å². The van der Waals surface area contributed by atoms with E-state index in [1.54, 1.807) is 35.7 Å². The van der Waals surface area contributed by atoms with E-state index < -0.39 is 6.09 Å². The lowest BCUT2D eigenvalue weighted by atomic mass is 10.2. The molecule has 0 unspecified atom stereocenters. The lowest BCUT2D eigenvalue weighted by molar-refractivity contribution is -0.117. The number of hydrogen-bond acceptors (Lipinski definition) is 4. The van der Waals surface area contributed by atoms with E-state index in [2.05, 4.69) is 5.32 Å². The Morgan fingerprint density at radius 2 is 1.92 bits per heavy atom. The summed E-state index contributed by atoms with van der Waals surface area (Å²) in [5.41, 5.74) is 2.12. The number of para-hydroxylation sites is 1. The second kappa shape index (κ2) is 7.80. The third-order valence-electron chi connectivity index (χ3n) is 3.61. The monoisotopic (exact) mass is 378 g/mol. The van der Waals surface area contributed by atoms with Crippen molar-refractivity contribution in [2.24, 2.45) is 0 Å². The number of amides is 2. The highest BCUT2D eigenvalue weighted by atomic mass is 35.5. The minimum Gasteiger partial charge on any atom is -0.450 e. The fourth-order valence-electron chi connectivity index (χ4n) is 2.58. The lowest BCUT2D eigenvalue weighted by Gasteiger charge is -2.31. The SMILES string of the molecule is CCOC(=O)Nc1ccc2c(c1)N(C(=O)CCCl)c1ccccc1[34S]2. The van der Waals surface area contributed by atoms with Gasteiger partial charge in [-0.25, -0.2) is 4.79 Å². The predicted octanol–water partition coefficient (Wildman–Crippen LogP) is 5.01. The fraction of sp³-hybridized carbons (Fsp3) is 0.222. The van der Waals surface area contributed by atoms with Crippen LogP contribution in [-0.4, -0.2) is 24.5 Å². The average molecular weight is 379 g/mol. The summed E-state index contributed by atoms with van der Waals surface area (Å²) >= 11 is 7.37. The Kier molecular flexibility index (Phi) is 5.50. The summed E-state index contributed by atoms with van der Waals surface area (Å²) in [6.07, 6.45) is -0.292. The van der Waals surface area contributed by atoms with Crippen LogP contribution in [-0.2, 0) is 9.53 Å². The van der Waals surface area contributed by atoms with E-state index in [1.165, 1.54) is 0 Å². The highest BCUT2D eigenvalue weighted by Gasteiger charge is 2.28. The molecule has 3 rings (SSSR count). The number of carbonyl (C=O) groups is 2. The Hall–Kier alpha value is -2.18. The summed E-state index contributed by atoms with van der Waals surface area (Å²) in [7, 11) is 0. The van der Waals surface area contributed by atoms with Crippen molar-refractivity contribution in [1.82, 2.24) is 0 Å². The zero-order valence-corrected chi connectivity index (χ0v) is 15.2. The topological polar surface area (TPSA) is 58.6 Å². The van der Waals surface area contributed by atoms with Gasteiger partial charge in [0.1, 0.15) is 0 Å². The van der Waals surface area contributed by atoms with Gasteiger partial charge in [-0.15, -0.1) is 11.6 Å². The van der Waals surface area contributed by atoms with Crippen molar-refractivity contribution < 1.29 is 14.3 Å². The molecule has 0 saturated heterocycles. The van der Waals surface area contributed by atoms with Gasteiger partial charge in [0, 0.05) is 27.8 Å². The molecule has 0 radical (unpaired) electrons. The molecule has 2 aromatic rings. The van der Waals surface area contributed by atoms with Gasteiger partial charge in [0.2, 0.25) is 5.91 Å². The molecule has 2 amide bonds. The maximum Gasteiger partial charge on any atom is 0.411 e. The summed E-state index contributed by atoms with van der Waals surface area (Å²) in [5, 5.41) is 2.67. The number of nitrogens with zero attached hydrogens (tertiary/aromatic N) is 1. The number of carbonyl (C=O) groups excluding carboxylic acids is 2. The Balaban J connectivity index is 2.00. The lowest BCUT2D eigenvalue weighted by Crippen LogP contribution is -2.28. The van der Waals surface area contributed by atoms with E-state index in [-0.39, 0.29) is 18.2 Å². The molecular formula is C18H17ClN2O3S. The van der Waals surface area contributed by atoms with Crippen LogP contribution in [0.5, 0.6) is 0 Å². The molecule has 1 N–H and O–H groups in total. The van der Waals surface area contributed by atoms with Gasteiger partial charge < -0.3 is 4.74 Å². The van der Waals surface area contributed by atoms with Gasteiger partial charge >= 0.3 is 6.09 Å². The Morgan fingerprint density at radius 3 is 2.68 bits per heavy atom. The number of nitrogens with one attached hydrogen (secondary N) is 1. The second-order valence-electron chi connectivity index (χ2n) is 5.27. The first-order valence-corrected chi connectivity index (χ1v) is 9.22. The Labute approximate surface area is 155 Å². The van der Waals surface area contributed by atoms with Crippen LogP contribution < -0.4 is 10.2 Å². The maximum absolute atomic E-state index is 12.7. The molecule has 1 aliphatic heterocycles. The number of ether oxygens (including phenoxy) is 1. The first-order chi connectivity index (χ1) is 12.1. The molecule has 1 aliphatic rings. The van der Waals surface area contributed by atoms with Crippen molar-refractivity contribution in [1.29, 1.82) is 0 Å². The Bertz CT molecular complexity index is 813. The van der Waals surface area contributed by atoms with Gasteiger partial charge in [-0.2, -0.15) is 0 Å². The van der Waals surface area contributed by atoms with E-state index in [0.29, 0.717) is 12.3 Å². The molecule has 0 bridgehead atoms. The molecule has 0 fully saturated rings. The molecular weight excluding hydrogens is 362 g/mol. The normalized spacial score (nSPS) is 12.2. The standard InChI is InChI=1S/C18H17ClN2O3S/c1-2-24-18(23)20-12-7-8-16-14(11-12)21(17(22)9-10-19)13-5-3-4-6-15(13)25-16/h3-8,11H,2,9-10H2,1H3,(H,20,23)/i25+2. The number of alkyl halides is 1. The third kappa shape index (κ3) is 3.75. The van der Waals surface area contributed by atoms with Gasteiger partial charge in [0.15, 0.2) is 0 Å². The van der Waals surface area contributed by atoms with E-state index in [9.17, 15) is 9.59 Å². The third-order valence-corrected chi connectivity index (χ3v) is 4.92. The smallest absolute Gasteiger partial charge is 0.411 e. The Morgan fingerprint density at radius 1 is 1.16 bits per heavy atom. The summed E-state index contributed by atoms with van der Waals surface area (Å²) in [4.78, 5) is 28.0. The van der Waals surface area contributed by atoms with Crippen molar-refractivity contribution in [3.63, 3.8) is 0 Å². The molecule has 25 heavy (non-hydrogen) atoms. The summed E-state index contributed by atoms with van der Waals surface area (Å²) in [6, 6.07) is 13.2. The second-order valence-corrected chi connectivity index (χ2v) is 6.73. The number of anilines is 3. The fourth-order valence-corrected chi connectivity index (χ4v) is 3.78. The molecule has 130 valence electrons. The number of fused-ring (bicyclic) bond motifs is 2. The molecule has 0 saturated carbocycles. The molecule has 7 heteroatoms. The van der Waals surface area contributed by atoms with E-state index >= 15 is 0 Å². The highest BCUT2D eigenvalue weighted by Crippen LogP contribution is 2.49. The van der Waals surface area contributed by atoms with Gasteiger partial charge in [0.25, 0.3) is 0 Å². The van der Waals surface area contributed by atoms with Gasteiger partial charge in [-0.3, -0.25) is 15.0 Å². The minimum atomic E-state index is -0.523. The first-order valence-electron chi connectivity index (χ1n) is 7.87. The molecule has 0 atom stereocenters. The maximum atomic E-state index is 12.7. The van der Waals surface area contributed by atoms with Crippen LogP contribution in [0.15, 0.2) is 52.3 Å². The van der Waals surface area contributed by atoms with Crippen LogP contribution in [0.4, 0.5) is 21.9 Å². The van der Waals surface area contributed by atoms with Gasteiger partial charge in [-0.05, 0) is 37.3 Å². The van der Waals surface area contributed by atoms with Crippen molar-refractivity contribution in [2.75, 3.05) is 22.7 Å². The molecule has 1 heterocycles. The highest BCUT2D eigenvalue weighted by molar-refractivity contribution is 7.99. The molecule has 0 aromatic heterocycles. The van der Waals surface area contributed by atoms with E-state index in [4.69, 9.17) is 16.3 Å². The molecule has 0 spiro atoms. The van der Waals surface area contributed by atoms with Crippen molar-refractivity contribution >= 4 is 52.4 Å². The quantitative estimate of drug-likeness (QED) is 0.600.